The Balaban J connectivity index is 2.01. The van der Waals surface area contributed by atoms with E-state index in [0.717, 1.165) is 18.2 Å². The van der Waals surface area contributed by atoms with Crippen LogP contribution in [0.4, 0.5) is 15.8 Å². The standard InChI is InChI=1S/C10H13FN2/c11-8-3-4-10(9(12)5-8)13-6-7-1-2-7/h3-5,7,13H,1-2,6,12H2. The lowest BCUT2D eigenvalue weighted by molar-refractivity contribution is 0.628. The Hall–Kier alpha value is -1.25. The summed E-state index contributed by atoms with van der Waals surface area (Å²) in [5.41, 5.74) is 6.95. The quantitative estimate of drug-likeness (QED) is 0.700. The minimum absolute atomic E-state index is 0.283. The van der Waals surface area contributed by atoms with Gasteiger partial charge in [-0.1, -0.05) is 0 Å². The minimum Gasteiger partial charge on any atom is -0.397 e. The van der Waals surface area contributed by atoms with E-state index in [1.54, 1.807) is 6.07 Å². The maximum absolute atomic E-state index is 12.7. The molecule has 0 unspecified atom stereocenters. The van der Waals surface area contributed by atoms with Crippen LogP contribution < -0.4 is 11.1 Å². The molecule has 0 spiro atoms. The average molecular weight is 180 g/mol. The lowest BCUT2D eigenvalue weighted by Gasteiger charge is -2.07. The van der Waals surface area contributed by atoms with E-state index in [0.29, 0.717) is 5.69 Å². The Bertz CT molecular complexity index is 308. The zero-order chi connectivity index (χ0) is 9.26. The van der Waals surface area contributed by atoms with Crippen molar-refractivity contribution in [3.63, 3.8) is 0 Å². The molecular weight excluding hydrogens is 167 g/mol. The Morgan fingerprint density at radius 3 is 2.85 bits per heavy atom. The third-order valence-corrected chi connectivity index (χ3v) is 2.29. The van der Waals surface area contributed by atoms with E-state index in [1.807, 2.05) is 0 Å². The Labute approximate surface area is 76.9 Å². The average Bonchev–Trinajstić information content (AvgIpc) is 2.86. The van der Waals surface area contributed by atoms with Gasteiger partial charge in [-0.05, 0) is 37.0 Å². The summed E-state index contributed by atoms with van der Waals surface area (Å²) in [6.45, 7) is 0.954. The van der Waals surface area contributed by atoms with Crippen molar-refractivity contribution in [2.24, 2.45) is 5.92 Å². The molecule has 0 radical (unpaired) electrons. The maximum atomic E-state index is 12.7. The number of halogens is 1. The highest BCUT2D eigenvalue weighted by atomic mass is 19.1. The van der Waals surface area contributed by atoms with Crippen LogP contribution in [0.3, 0.4) is 0 Å². The van der Waals surface area contributed by atoms with E-state index < -0.39 is 0 Å². The van der Waals surface area contributed by atoms with Crippen molar-refractivity contribution in [3.8, 4) is 0 Å². The van der Waals surface area contributed by atoms with E-state index in [2.05, 4.69) is 5.32 Å². The van der Waals surface area contributed by atoms with Gasteiger partial charge in [0.05, 0.1) is 11.4 Å². The largest absolute Gasteiger partial charge is 0.397 e. The van der Waals surface area contributed by atoms with Crippen molar-refractivity contribution in [1.29, 1.82) is 0 Å². The number of hydrogen-bond acceptors (Lipinski definition) is 2. The van der Waals surface area contributed by atoms with Crippen LogP contribution in [0.15, 0.2) is 18.2 Å². The first kappa shape index (κ1) is 8.35. The second-order valence-electron chi connectivity index (χ2n) is 3.56. The van der Waals surface area contributed by atoms with Crippen molar-refractivity contribution in [2.45, 2.75) is 12.8 Å². The van der Waals surface area contributed by atoms with Crippen molar-refractivity contribution < 1.29 is 4.39 Å². The van der Waals surface area contributed by atoms with Crippen LogP contribution in [0, 0.1) is 11.7 Å². The van der Waals surface area contributed by atoms with Crippen molar-refractivity contribution >= 4 is 11.4 Å². The Morgan fingerprint density at radius 2 is 2.23 bits per heavy atom. The molecule has 0 saturated heterocycles. The lowest BCUT2D eigenvalue weighted by Crippen LogP contribution is -2.05. The fraction of sp³-hybridized carbons (Fsp3) is 0.400. The zero-order valence-electron chi connectivity index (χ0n) is 7.39. The summed E-state index contributed by atoms with van der Waals surface area (Å²) >= 11 is 0. The third-order valence-electron chi connectivity index (χ3n) is 2.29. The zero-order valence-corrected chi connectivity index (χ0v) is 7.39. The van der Waals surface area contributed by atoms with E-state index in [9.17, 15) is 4.39 Å². The van der Waals surface area contributed by atoms with Crippen LogP contribution in [0.5, 0.6) is 0 Å². The van der Waals surface area contributed by atoms with Gasteiger partial charge in [-0.2, -0.15) is 0 Å². The van der Waals surface area contributed by atoms with Gasteiger partial charge in [-0.25, -0.2) is 4.39 Å². The number of nitrogens with one attached hydrogen (secondary N) is 1. The summed E-state index contributed by atoms with van der Waals surface area (Å²) in [7, 11) is 0. The fourth-order valence-corrected chi connectivity index (χ4v) is 1.27. The van der Waals surface area contributed by atoms with Gasteiger partial charge < -0.3 is 11.1 Å². The van der Waals surface area contributed by atoms with Crippen molar-refractivity contribution in [3.05, 3.63) is 24.0 Å². The number of nitrogens with two attached hydrogens (primary N) is 1. The minimum atomic E-state index is -0.283. The molecule has 3 N–H and O–H groups in total. The fourth-order valence-electron chi connectivity index (χ4n) is 1.27. The molecule has 0 aliphatic heterocycles. The van der Waals surface area contributed by atoms with E-state index >= 15 is 0 Å². The van der Waals surface area contributed by atoms with Crippen LogP contribution in [-0.2, 0) is 0 Å². The smallest absolute Gasteiger partial charge is 0.125 e. The van der Waals surface area contributed by atoms with Crippen LogP contribution in [0.1, 0.15) is 12.8 Å². The number of anilines is 2. The molecule has 1 aliphatic carbocycles. The Kier molecular flexibility index (Phi) is 2.08. The summed E-state index contributed by atoms with van der Waals surface area (Å²) in [4.78, 5) is 0. The summed E-state index contributed by atoms with van der Waals surface area (Å²) in [6, 6.07) is 4.45. The molecule has 0 aromatic heterocycles. The molecule has 13 heavy (non-hydrogen) atoms. The number of nitrogen functional groups attached to an aromatic ring is 1. The van der Waals surface area contributed by atoms with Gasteiger partial charge in [0.1, 0.15) is 5.82 Å². The highest BCUT2D eigenvalue weighted by molar-refractivity contribution is 5.65. The first-order chi connectivity index (χ1) is 6.25. The van der Waals surface area contributed by atoms with Crippen molar-refractivity contribution in [2.75, 3.05) is 17.6 Å². The predicted molar refractivity (Wildman–Crippen MR) is 52.0 cm³/mol. The monoisotopic (exact) mass is 180 g/mol. The number of rotatable bonds is 3. The maximum Gasteiger partial charge on any atom is 0.125 e. The molecule has 1 aromatic rings. The van der Waals surface area contributed by atoms with Gasteiger partial charge >= 0.3 is 0 Å². The normalized spacial score (nSPS) is 15.8. The second kappa shape index (κ2) is 3.24. The SMILES string of the molecule is Nc1cc(F)ccc1NCC1CC1. The Morgan fingerprint density at radius 1 is 1.46 bits per heavy atom. The van der Waals surface area contributed by atoms with Gasteiger partial charge in [-0.15, -0.1) is 0 Å². The van der Waals surface area contributed by atoms with Gasteiger partial charge in [-0.3, -0.25) is 0 Å². The molecule has 70 valence electrons. The van der Waals surface area contributed by atoms with Crippen LogP contribution >= 0.6 is 0 Å². The van der Waals surface area contributed by atoms with E-state index in [4.69, 9.17) is 5.73 Å². The predicted octanol–water partition coefficient (Wildman–Crippen LogP) is 2.23. The van der Waals surface area contributed by atoms with Crippen molar-refractivity contribution in [1.82, 2.24) is 0 Å². The lowest BCUT2D eigenvalue weighted by atomic mass is 10.2. The summed E-state index contributed by atoms with van der Waals surface area (Å²) in [5, 5.41) is 3.21. The highest BCUT2D eigenvalue weighted by Crippen LogP contribution is 2.29. The molecule has 3 heteroatoms. The summed E-state index contributed by atoms with van der Waals surface area (Å²) in [6.07, 6.45) is 2.60. The molecule has 1 aromatic carbocycles. The number of benzene rings is 1. The molecule has 2 rings (SSSR count). The highest BCUT2D eigenvalue weighted by Gasteiger charge is 2.20. The second-order valence-corrected chi connectivity index (χ2v) is 3.56. The molecule has 1 fully saturated rings. The van der Waals surface area contributed by atoms with Crippen LogP contribution in [-0.4, -0.2) is 6.54 Å². The van der Waals surface area contributed by atoms with E-state index in [1.165, 1.54) is 25.0 Å². The summed E-state index contributed by atoms with van der Waals surface area (Å²) in [5.74, 6) is 0.513. The first-order valence-corrected chi connectivity index (χ1v) is 4.54. The molecule has 0 amide bonds. The molecular formula is C10H13FN2. The van der Waals surface area contributed by atoms with Gasteiger partial charge in [0, 0.05) is 6.54 Å². The molecule has 1 aliphatic rings. The van der Waals surface area contributed by atoms with Crippen LogP contribution in [0.25, 0.3) is 0 Å². The third kappa shape index (κ3) is 2.11. The molecule has 0 bridgehead atoms. The topological polar surface area (TPSA) is 38.0 Å². The van der Waals surface area contributed by atoms with Gasteiger partial charge in [0.15, 0.2) is 0 Å². The van der Waals surface area contributed by atoms with Crippen LogP contribution in [0.2, 0.25) is 0 Å². The summed E-state index contributed by atoms with van der Waals surface area (Å²) < 4.78 is 12.7. The first-order valence-electron chi connectivity index (χ1n) is 4.54. The van der Waals surface area contributed by atoms with E-state index in [-0.39, 0.29) is 5.82 Å². The van der Waals surface area contributed by atoms with Gasteiger partial charge in [0.2, 0.25) is 0 Å². The molecule has 1 saturated carbocycles. The molecule has 0 atom stereocenters. The number of hydrogen-bond donors (Lipinski definition) is 2. The molecule has 2 nitrogen and oxygen atoms in total. The molecule has 0 heterocycles. The van der Waals surface area contributed by atoms with Gasteiger partial charge in [0.25, 0.3) is 0 Å².